The minimum atomic E-state index is -0.485. The highest BCUT2D eigenvalue weighted by molar-refractivity contribution is 5.91. The molecule has 1 aliphatic heterocycles. The Hall–Kier alpha value is -4.57. The van der Waals surface area contributed by atoms with Crippen LogP contribution in [0.25, 0.3) is 10.9 Å². The second-order valence-corrected chi connectivity index (χ2v) is 10.2. The van der Waals surface area contributed by atoms with Gasteiger partial charge >= 0.3 is 0 Å². The number of nitrogens with one attached hydrogen (secondary N) is 1. The molecule has 1 amide bonds. The summed E-state index contributed by atoms with van der Waals surface area (Å²) < 4.78 is 7.12. The lowest BCUT2D eigenvalue weighted by Gasteiger charge is -2.38. The molecule has 0 bridgehead atoms. The number of benzene rings is 2. The first-order valence-electron chi connectivity index (χ1n) is 13.5. The van der Waals surface area contributed by atoms with Crippen molar-refractivity contribution in [1.29, 1.82) is 0 Å². The largest absolute Gasteiger partial charge is 0.459 e. The summed E-state index contributed by atoms with van der Waals surface area (Å²) in [4.78, 5) is 33.7. The number of rotatable bonds is 7. The van der Waals surface area contributed by atoms with Gasteiger partial charge in [-0.1, -0.05) is 42.5 Å². The summed E-state index contributed by atoms with van der Waals surface area (Å²) in [7, 11) is 0. The van der Waals surface area contributed by atoms with Gasteiger partial charge in [0.25, 0.3) is 11.5 Å². The fourth-order valence-electron chi connectivity index (χ4n) is 5.43. The zero-order valence-corrected chi connectivity index (χ0v) is 22.6. The fraction of sp³-hybridized carbons (Fsp3) is 0.300. The first-order valence-corrected chi connectivity index (χ1v) is 13.5. The average molecular weight is 538 g/mol. The molecular formula is C30H31N7O3. The Balaban J connectivity index is 1.35. The number of aromatic amines is 1. The van der Waals surface area contributed by atoms with E-state index in [9.17, 15) is 9.59 Å². The Morgan fingerprint density at radius 1 is 1.02 bits per heavy atom. The van der Waals surface area contributed by atoms with Crippen molar-refractivity contribution in [3.8, 4) is 0 Å². The average Bonchev–Trinajstić information content (AvgIpc) is 3.69. The molecule has 0 saturated carbocycles. The highest BCUT2D eigenvalue weighted by Crippen LogP contribution is 2.29. The molecule has 4 heterocycles. The Morgan fingerprint density at radius 2 is 1.82 bits per heavy atom. The van der Waals surface area contributed by atoms with E-state index >= 15 is 0 Å². The van der Waals surface area contributed by atoms with E-state index < -0.39 is 6.04 Å². The second-order valence-electron chi connectivity index (χ2n) is 10.2. The standard InChI is InChI=1S/C30H31N7O3/c1-20-10-11-23-19-24(29(38)31-26(23)21(20)2)27(28-32-33-34-37(28)13-12-22-7-4-3-5-8-22)35-14-16-36(17-15-35)30(39)25-9-6-18-40-25/h3-11,18-19,27H,12-17H2,1-2H3,(H,31,38)/t27-/m1/s1. The first-order chi connectivity index (χ1) is 19.5. The number of aryl methyl sites for hydroxylation is 4. The van der Waals surface area contributed by atoms with E-state index in [4.69, 9.17) is 4.42 Å². The molecule has 1 aliphatic rings. The third-order valence-corrected chi connectivity index (χ3v) is 7.83. The summed E-state index contributed by atoms with van der Waals surface area (Å²) in [5, 5.41) is 13.7. The molecule has 1 fully saturated rings. The number of piperazine rings is 1. The van der Waals surface area contributed by atoms with Crippen LogP contribution in [0.15, 0.2) is 76.1 Å². The smallest absolute Gasteiger partial charge is 0.289 e. The number of tetrazole rings is 1. The molecule has 0 aliphatic carbocycles. The highest BCUT2D eigenvalue weighted by atomic mass is 16.3. The number of furan rings is 1. The van der Waals surface area contributed by atoms with Crippen LogP contribution in [-0.2, 0) is 13.0 Å². The van der Waals surface area contributed by atoms with E-state index in [1.54, 1.807) is 21.7 Å². The SMILES string of the molecule is Cc1ccc2cc([C@H](c3nnnn3CCc3ccccc3)N3CCN(C(=O)c4ccco4)CC3)c(=O)[nH]c2c1C. The van der Waals surface area contributed by atoms with E-state index in [0.717, 1.165) is 28.5 Å². The van der Waals surface area contributed by atoms with Gasteiger partial charge in [-0.25, -0.2) is 4.68 Å². The number of carbonyl (C=O) groups excluding carboxylic acids is 1. The van der Waals surface area contributed by atoms with Crippen molar-refractivity contribution >= 4 is 16.8 Å². The molecule has 2 aromatic carbocycles. The van der Waals surface area contributed by atoms with Crippen molar-refractivity contribution < 1.29 is 9.21 Å². The molecule has 10 heteroatoms. The van der Waals surface area contributed by atoms with Gasteiger partial charge in [0.05, 0.1) is 11.8 Å². The molecule has 1 N–H and O–H groups in total. The van der Waals surface area contributed by atoms with Gasteiger partial charge in [0, 0.05) is 38.3 Å². The number of hydrogen-bond acceptors (Lipinski definition) is 7. The third-order valence-electron chi connectivity index (χ3n) is 7.83. The predicted molar refractivity (Wildman–Crippen MR) is 150 cm³/mol. The maximum Gasteiger partial charge on any atom is 0.289 e. The quantitative estimate of drug-likeness (QED) is 0.338. The zero-order chi connectivity index (χ0) is 27.6. The van der Waals surface area contributed by atoms with E-state index in [2.05, 4.69) is 43.6 Å². The Bertz CT molecular complexity index is 1680. The molecule has 10 nitrogen and oxygen atoms in total. The van der Waals surface area contributed by atoms with E-state index in [1.807, 2.05) is 44.2 Å². The van der Waals surface area contributed by atoms with E-state index in [-0.39, 0.29) is 11.5 Å². The molecule has 0 unspecified atom stereocenters. The summed E-state index contributed by atoms with van der Waals surface area (Å²) >= 11 is 0. The van der Waals surface area contributed by atoms with Gasteiger partial charge in [-0.15, -0.1) is 5.10 Å². The summed E-state index contributed by atoms with van der Waals surface area (Å²) in [6, 6.07) is 19.1. The van der Waals surface area contributed by atoms with Crippen LogP contribution in [0.5, 0.6) is 0 Å². The molecule has 204 valence electrons. The van der Waals surface area contributed by atoms with Gasteiger partial charge in [-0.05, 0) is 71.0 Å². The number of hydrogen-bond donors (Lipinski definition) is 1. The van der Waals surface area contributed by atoms with Gasteiger partial charge in [0.15, 0.2) is 11.6 Å². The fourth-order valence-corrected chi connectivity index (χ4v) is 5.43. The topological polar surface area (TPSA) is 113 Å². The Kier molecular flexibility index (Phi) is 7.00. The van der Waals surface area contributed by atoms with Gasteiger partial charge < -0.3 is 14.3 Å². The summed E-state index contributed by atoms with van der Waals surface area (Å²) in [5.74, 6) is 0.796. The lowest BCUT2D eigenvalue weighted by molar-refractivity contribution is 0.0558. The third kappa shape index (κ3) is 4.93. The van der Waals surface area contributed by atoms with Crippen LogP contribution >= 0.6 is 0 Å². The van der Waals surface area contributed by atoms with Gasteiger partial charge in [-0.3, -0.25) is 14.5 Å². The molecule has 5 aromatic rings. The highest BCUT2D eigenvalue weighted by Gasteiger charge is 2.34. The maximum atomic E-state index is 13.7. The van der Waals surface area contributed by atoms with Crippen molar-refractivity contribution in [3.63, 3.8) is 0 Å². The molecule has 6 rings (SSSR count). The minimum absolute atomic E-state index is 0.136. The number of aromatic nitrogens is 5. The van der Waals surface area contributed by atoms with Crippen LogP contribution in [0.3, 0.4) is 0 Å². The van der Waals surface area contributed by atoms with E-state index in [0.29, 0.717) is 49.9 Å². The number of nitrogens with zero attached hydrogens (tertiary/aromatic N) is 6. The van der Waals surface area contributed by atoms with Gasteiger partial charge in [0.2, 0.25) is 0 Å². The van der Waals surface area contributed by atoms with Crippen LogP contribution < -0.4 is 5.56 Å². The zero-order valence-electron chi connectivity index (χ0n) is 22.6. The van der Waals surface area contributed by atoms with Crippen LogP contribution in [0.4, 0.5) is 0 Å². The van der Waals surface area contributed by atoms with Crippen molar-refractivity contribution in [3.05, 3.63) is 111 Å². The summed E-state index contributed by atoms with van der Waals surface area (Å²) in [6.45, 7) is 6.71. The van der Waals surface area contributed by atoms with Crippen LogP contribution in [-0.4, -0.2) is 67.1 Å². The molecule has 1 atom stereocenters. The lowest BCUT2D eigenvalue weighted by Crippen LogP contribution is -2.50. The summed E-state index contributed by atoms with van der Waals surface area (Å²) in [5.41, 5.74) is 4.60. The molecule has 40 heavy (non-hydrogen) atoms. The number of pyridine rings is 1. The summed E-state index contributed by atoms with van der Waals surface area (Å²) in [6.07, 6.45) is 2.26. The molecule has 3 aromatic heterocycles. The molecule has 0 radical (unpaired) electrons. The second kappa shape index (κ2) is 10.9. The van der Waals surface area contributed by atoms with Gasteiger partial charge in [-0.2, -0.15) is 0 Å². The lowest BCUT2D eigenvalue weighted by atomic mass is 9.99. The monoisotopic (exact) mass is 537 g/mol. The van der Waals surface area contributed by atoms with Crippen molar-refractivity contribution in [2.24, 2.45) is 0 Å². The number of H-pyrrole nitrogens is 1. The van der Waals surface area contributed by atoms with Gasteiger partial charge in [0.1, 0.15) is 6.04 Å². The molecule has 0 spiro atoms. The maximum absolute atomic E-state index is 13.7. The van der Waals surface area contributed by atoms with Crippen LogP contribution in [0.2, 0.25) is 0 Å². The number of fused-ring (bicyclic) bond motifs is 1. The number of amides is 1. The number of carbonyl (C=O) groups is 1. The van der Waals surface area contributed by atoms with Crippen LogP contribution in [0.1, 0.15) is 44.7 Å². The first kappa shape index (κ1) is 25.7. The normalized spacial score (nSPS) is 15.0. The molecule has 1 saturated heterocycles. The van der Waals surface area contributed by atoms with E-state index in [1.165, 1.54) is 11.8 Å². The Morgan fingerprint density at radius 3 is 2.58 bits per heavy atom. The van der Waals surface area contributed by atoms with Crippen molar-refractivity contribution in [2.75, 3.05) is 26.2 Å². The predicted octanol–water partition coefficient (Wildman–Crippen LogP) is 3.51. The van der Waals surface area contributed by atoms with Crippen molar-refractivity contribution in [2.45, 2.75) is 32.9 Å². The minimum Gasteiger partial charge on any atom is -0.459 e. The Labute approximate surface area is 231 Å². The molecular weight excluding hydrogens is 506 g/mol. The van der Waals surface area contributed by atoms with Crippen molar-refractivity contribution in [1.82, 2.24) is 35.0 Å². The van der Waals surface area contributed by atoms with Crippen LogP contribution in [0, 0.1) is 13.8 Å².